The van der Waals surface area contributed by atoms with Crippen LogP contribution in [0.2, 0.25) is 0 Å². The average Bonchev–Trinajstić information content (AvgIpc) is 3.43. The lowest BCUT2D eigenvalue weighted by Gasteiger charge is -2.28. The van der Waals surface area contributed by atoms with Crippen molar-refractivity contribution in [2.45, 2.75) is 59.6 Å². The molecule has 1 saturated heterocycles. The molecule has 1 amide bonds. The highest BCUT2D eigenvalue weighted by molar-refractivity contribution is 6.46. The van der Waals surface area contributed by atoms with Gasteiger partial charge in [0.2, 0.25) is 0 Å². The summed E-state index contributed by atoms with van der Waals surface area (Å²) in [6, 6.07) is 10.1. The summed E-state index contributed by atoms with van der Waals surface area (Å²) < 4.78 is 17.6. The minimum Gasteiger partial charge on any atom is -0.507 e. The maximum atomic E-state index is 13.5. The first kappa shape index (κ1) is 28.5. The normalized spacial score (nSPS) is 19.9. The standard InChI is InChI=1S/C31H40N2O6/c1-6-16-38-25-13-10-21(19-26(25)37-9-4)28-27(30(35)31(36)33(28)15-14-32(7-2)8-3)29(34)22-11-12-24-23(18-22)17-20(5)39-24/h10-13,18-20,28,34H,6-9,14-17H2,1-5H3/t20-,28-/m0/s1. The number of ether oxygens (including phenoxy) is 3. The van der Waals surface area contributed by atoms with Gasteiger partial charge >= 0.3 is 0 Å². The van der Waals surface area contributed by atoms with Gasteiger partial charge in [0.1, 0.15) is 17.6 Å². The summed E-state index contributed by atoms with van der Waals surface area (Å²) in [6.45, 7) is 13.7. The van der Waals surface area contributed by atoms with Gasteiger partial charge in [0.15, 0.2) is 11.5 Å². The van der Waals surface area contributed by atoms with Crippen molar-refractivity contribution in [2.24, 2.45) is 0 Å². The predicted octanol–water partition coefficient (Wildman–Crippen LogP) is 4.96. The van der Waals surface area contributed by atoms with Crippen molar-refractivity contribution in [3.05, 3.63) is 58.7 Å². The van der Waals surface area contributed by atoms with Crippen LogP contribution in [0.3, 0.4) is 0 Å². The van der Waals surface area contributed by atoms with E-state index in [0.717, 1.165) is 37.2 Å². The Bertz CT molecular complexity index is 1240. The zero-order valence-electron chi connectivity index (χ0n) is 23.7. The van der Waals surface area contributed by atoms with E-state index in [1.165, 1.54) is 0 Å². The second-order valence-corrected chi connectivity index (χ2v) is 9.96. The lowest BCUT2D eigenvalue weighted by atomic mass is 9.94. The molecular formula is C31H40N2O6. The minimum atomic E-state index is -0.761. The molecule has 1 N–H and O–H groups in total. The molecule has 0 spiro atoms. The Hall–Kier alpha value is -3.52. The van der Waals surface area contributed by atoms with E-state index in [4.69, 9.17) is 14.2 Å². The van der Waals surface area contributed by atoms with E-state index in [1.54, 1.807) is 11.0 Å². The number of amides is 1. The van der Waals surface area contributed by atoms with E-state index >= 15 is 0 Å². The third-order valence-electron chi connectivity index (χ3n) is 7.31. The molecule has 210 valence electrons. The van der Waals surface area contributed by atoms with Gasteiger partial charge < -0.3 is 29.1 Å². The van der Waals surface area contributed by atoms with Crippen LogP contribution in [0.1, 0.15) is 63.8 Å². The molecule has 2 aliphatic rings. The molecule has 2 atom stereocenters. The minimum absolute atomic E-state index is 0.0495. The van der Waals surface area contributed by atoms with Crippen LogP contribution in [0.25, 0.3) is 5.76 Å². The van der Waals surface area contributed by atoms with Gasteiger partial charge in [-0.05, 0) is 74.8 Å². The van der Waals surface area contributed by atoms with E-state index < -0.39 is 17.7 Å². The summed E-state index contributed by atoms with van der Waals surface area (Å²) in [5.41, 5.74) is 2.22. The molecule has 0 radical (unpaired) electrons. The number of Topliss-reactive ketones (excluding diaryl/α,β-unsaturated/α-hetero) is 1. The highest BCUT2D eigenvalue weighted by atomic mass is 16.5. The molecule has 2 heterocycles. The van der Waals surface area contributed by atoms with Gasteiger partial charge in [-0.25, -0.2) is 0 Å². The van der Waals surface area contributed by atoms with Gasteiger partial charge in [0.05, 0.1) is 24.8 Å². The maximum Gasteiger partial charge on any atom is 0.295 e. The molecule has 0 bridgehead atoms. The summed E-state index contributed by atoms with van der Waals surface area (Å²) >= 11 is 0. The fraction of sp³-hybridized carbons (Fsp3) is 0.484. The molecule has 0 saturated carbocycles. The second-order valence-electron chi connectivity index (χ2n) is 9.96. The third kappa shape index (κ3) is 5.91. The van der Waals surface area contributed by atoms with E-state index in [-0.39, 0.29) is 17.4 Å². The van der Waals surface area contributed by atoms with E-state index in [0.29, 0.717) is 48.9 Å². The summed E-state index contributed by atoms with van der Waals surface area (Å²) in [4.78, 5) is 30.7. The molecule has 8 heteroatoms. The molecule has 8 nitrogen and oxygen atoms in total. The van der Waals surface area contributed by atoms with Crippen LogP contribution in [0.4, 0.5) is 0 Å². The number of benzene rings is 2. The number of fused-ring (bicyclic) bond motifs is 1. The summed E-state index contributed by atoms with van der Waals surface area (Å²) in [7, 11) is 0. The topological polar surface area (TPSA) is 88.5 Å². The molecular weight excluding hydrogens is 496 g/mol. The number of hydrogen-bond donors (Lipinski definition) is 1. The molecule has 2 aliphatic heterocycles. The van der Waals surface area contributed by atoms with Crippen molar-refractivity contribution in [1.82, 2.24) is 9.80 Å². The number of nitrogens with zero attached hydrogens (tertiary/aromatic N) is 2. The number of carbonyl (C=O) groups excluding carboxylic acids is 2. The fourth-order valence-corrected chi connectivity index (χ4v) is 5.27. The molecule has 1 fully saturated rings. The van der Waals surface area contributed by atoms with Gasteiger partial charge in [0, 0.05) is 25.1 Å². The number of carbonyl (C=O) groups is 2. The molecule has 0 aromatic heterocycles. The maximum absolute atomic E-state index is 13.5. The van der Waals surface area contributed by atoms with Crippen LogP contribution in [0.15, 0.2) is 42.0 Å². The largest absolute Gasteiger partial charge is 0.507 e. The number of hydrogen-bond acceptors (Lipinski definition) is 7. The van der Waals surface area contributed by atoms with Crippen LogP contribution in [0, 0.1) is 0 Å². The van der Waals surface area contributed by atoms with Crippen molar-refractivity contribution in [2.75, 3.05) is 39.4 Å². The number of aliphatic hydroxyl groups excluding tert-OH is 1. The average molecular weight is 537 g/mol. The Morgan fingerprint density at radius 1 is 1.05 bits per heavy atom. The van der Waals surface area contributed by atoms with Gasteiger partial charge in [-0.2, -0.15) is 0 Å². The number of ketones is 1. The van der Waals surface area contributed by atoms with Crippen LogP contribution >= 0.6 is 0 Å². The third-order valence-corrected chi connectivity index (χ3v) is 7.31. The molecule has 0 unspecified atom stereocenters. The predicted molar refractivity (Wildman–Crippen MR) is 150 cm³/mol. The Morgan fingerprint density at radius 2 is 1.82 bits per heavy atom. The van der Waals surface area contributed by atoms with Crippen LogP contribution in [-0.4, -0.2) is 72.1 Å². The molecule has 0 aliphatic carbocycles. The molecule has 2 aromatic rings. The van der Waals surface area contributed by atoms with Crippen molar-refractivity contribution in [3.8, 4) is 17.2 Å². The first-order valence-electron chi connectivity index (χ1n) is 14.0. The first-order chi connectivity index (χ1) is 18.8. The SMILES string of the molecule is CCCOc1ccc([C@H]2C(=C(O)c3ccc4c(c3)C[C@H](C)O4)C(=O)C(=O)N2CCN(CC)CC)cc1OCC. The zero-order valence-corrected chi connectivity index (χ0v) is 23.7. The first-order valence-corrected chi connectivity index (χ1v) is 14.0. The van der Waals surface area contributed by atoms with Crippen molar-refractivity contribution < 1.29 is 28.9 Å². The molecule has 2 aromatic carbocycles. The lowest BCUT2D eigenvalue weighted by Crippen LogP contribution is -2.38. The smallest absolute Gasteiger partial charge is 0.295 e. The zero-order chi connectivity index (χ0) is 28.1. The van der Waals surface area contributed by atoms with E-state index in [2.05, 4.69) is 18.7 Å². The summed E-state index contributed by atoms with van der Waals surface area (Å²) in [5.74, 6) is 0.439. The number of rotatable bonds is 12. The van der Waals surface area contributed by atoms with Crippen molar-refractivity contribution in [3.63, 3.8) is 0 Å². The molecule has 39 heavy (non-hydrogen) atoms. The monoisotopic (exact) mass is 536 g/mol. The van der Waals surface area contributed by atoms with Gasteiger partial charge in [-0.1, -0.05) is 26.8 Å². The number of aliphatic hydroxyl groups is 1. The van der Waals surface area contributed by atoms with Gasteiger partial charge in [-0.15, -0.1) is 0 Å². The van der Waals surface area contributed by atoms with Crippen LogP contribution < -0.4 is 14.2 Å². The Balaban J connectivity index is 1.81. The van der Waals surface area contributed by atoms with Gasteiger partial charge in [0.25, 0.3) is 11.7 Å². The lowest BCUT2D eigenvalue weighted by molar-refractivity contribution is -0.140. The van der Waals surface area contributed by atoms with Crippen LogP contribution in [0.5, 0.6) is 17.2 Å². The number of likely N-dealkylation sites (N-methyl/N-ethyl adjacent to an activating group) is 1. The Morgan fingerprint density at radius 3 is 2.51 bits per heavy atom. The van der Waals surface area contributed by atoms with E-state index in [9.17, 15) is 14.7 Å². The fourth-order valence-electron chi connectivity index (χ4n) is 5.27. The Kier molecular flexibility index (Phi) is 9.17. The Labute approximate surface area is 231 Å². The highest BCUT2D eigenvalue weighted by Gasteiger charge is 2.46. The quantitative estimate of drug-likeness (QED) is 0.233. The van der Waals surface area contributed by atoms with Crippen LogP contribution in [-0.2, 0) is 16.0 Å². The highest BCUT2D eigenvalue weighted by Crippen LogP contribution is 2.42. The van der Waals surface area contributed by atoms with E-state index in [1.807, 2.05) is 51.1 Å². The second kappa shape index (κ2) is 12.6. The van der Waals surface area contributed by atoms with Gasteiger partial charge in [-0.3, -0.25) is 9.59 Å². The summed E-state index contributed by atoms with van der Waals surface area (Å²) in [6.07, 6.45) is 1.62. The summed E-state index contributed by atoms with van der Waals surface area (Å²) in [5, 5.41) is 11.5. The molecule has 4 rings (SSSR count). The van der Waals surface area contributed by atoms with Crippen molar-refractivity contribution in [1.29, 1.82) is 0 Å². The van der Waals surface area contributed by atoms with Crippen molar-refractivity contribution >= 4 is 17.4 Å². The number of likely N-dealkylation sites (tertiary alicyclic amines) is 1.